The molecule has 1 aliphatic carbocycles. The minimum absolute atomic E-state index is 0.0513. The van der Waals surface area contributed by atoms with Crippen molar-refractivity contribution in [3.05, 3.63) is 78.4 Å². The second kappa shape index (κ2) is 9.64. The molecular weight excluding hydrogens is 488 g/mol. The number of imide groups is 1. The van der Waals surface area contributed by atoms with Crippen LogP contribution in [0.4, 0.5) is 5.69 Å². The van der Waals surface area contributed by atoms with Gasteiger partial charge in [0, 0.05) is 5.56 Å². The third kappa shape index (κ3) is 4.27. The first-order valence-corrected chi connectivity index (χ1v) is 14.0. The average Bonchev–Trinajstić information content (AvgIpc) is 3.45. The highest BCUT2D eigenvalue weighted by atomic mass is 32.2. The van der Waals surface area contributed by atoms with Crippen LogP contribution in [-0.2, 0) is 9.59 Å². The van der Waals surface area contributed by atoms with Gasteiger partial charge in [0.2, 0.25) is 11.8 Å². The molecule has 2 amide bonds. The number of thiazole rings is 1. The summed E-state index contributed by atoms with van der Waals surface area (Å²) in [5.41, 5.74) is 4.31. The number of ketones is 1. The second-order valence-electron chi connectivity index (χ2n) is 9.30. The fourth-order valence-electron chi connectivity index (χ4n) is 5.20. The van der Waals surface area contributed by atoms with Crippen LogP contribution < -0.4 is 4.90 Å². The maximum absolute atomic E-state index is 13.0. The van der Waals surface area contributed by atoms with Crippen LogP contribution in [0.2, 0.25) is 0 Å². The molecule has 1 aromatic heterocycles. The number of hydrogen-bond acceptors (Lipinski definition) is 6. The van der Waals surface area contributed by atoms with E-state index in [1.165, 1.54) is 28.0 Å². The van der Waals surface area contributed by atoms with Gasteiger partial charge in [-0.3, -0.25) is 19.3 Å². The number of fused-ring (bicyclic) bond motifs is 2. The Kier molecular flexibility index (Phi) is 6.19. The third-order valence-electron chi connectivity index (χ3n) is 7.09. The fourth-order valence-corrected chi connectivity index (χ4v) is 7.20. The van der Waals surface area contributed by atoms with Gasteiger partial charge in [0.15, 0.2) is 10.1 Å². The standard InChI is InChI=1S/C29H24N2O3S2/c32-25(20-12-10-19(11-13-20)18-6-2-1-3-7-18)17-35-29-30-24-15-14-21(16-26(24)36-29)31-27(33)22-8-4-5-9-23(22)28(31)34/h1-3,6-7,10-16,22-23H,4-5,8-9,17H2/t22-,23-/m0/s1. The smallest absolute Gasteiger partial charge is 0.237 e. The van der Waals surface area contributed by atoms with Gasteiger partial charge >= 0.3 is 0 Å². The van der Waals surface area contributed by atoms with Crippen LogP contribution in [0.3, 0.4) is 0 Å². The van der Waals surface area contributed by atoms with Crippen molar-refractivity contribution in [1.29, 1.82) is 0 Å². The predicted octanol–water partition coefficient (Wildman–Crippen LogP) is 6.62. The Morgan fingerprint density at radius 1 is 0.889 bits per heavy atom. The van der Waals surface area contributed by atoms with E-state index in [1.54, 1.807) is 0 Å². The summed E-state index contributed by atoms with van der Waals surface area (Å²) in [5, 5.41) is 0. The Morgan fingerprint density at radius 2 is 1.56 bits per heavy atom. The van der Waals surface area contributed by atoms with E-state index < -0.39 is 0 Å². The van der Waals surface area contributed by atoms with E-state index in [4.69, 9.17) is 0 Å². The molecule has 0 spiro atoms. The number of nitrogens with zero attached hydrogens (tertiary/aromatic N) is 2. The van der Waals surface area contributed by atoms with Crippen molar-refractivity contribution in [3.63, 3.8) is 0 Å². The third-order valence-corrected chi connectivity index (χ3v) is 9.25. The number of benzene rings is 3. The van der Waals surface area contributed by atoms with E-state index in [0.717, 1.165) is 51.4 Å². The monoisotopic (exact) mass is 512 g/mol. The van der Waals surface area contributed by atoms with Gasteiger partial charge < -0.3 is 0 Å². The molecule has 1 aliphatic heterocycles. The Labute approximate surface area is 217 Å². The molecule has 0 unspecified atom stereocenters. The molecule has 4 aromatic rings. The molecule has 0 N–H and O–H groups in total. The van der Waals surface area contributed by atoms with E-state index in [2.05, 4.69) is 4.98 Å². The van der Waals surface area contributed by atoms with E-state index in [0.29, 0.717) is 17.0 Å². The number of thioether (sulfide) groups is 1. The summed E-state index contributed by atoms with van der Waals surface area (Å²) < 4.78 is 1.70. The number of aromatic nitrogens is 1. The molecule has 0 bridgehead atoms. The molecule has 5 nitrogen and oxygen atoms in total. The summed E-state index contributed by atoms with van der Waals surface area (Å²) in [6.07, 6.45) is 3.63. The number of hydrogen-bond donors (Lipinski definition) is 0. The molecule has 2 aliphatic rings. The highest BCUT2D eigenvalue weighted by Gasteiger charge is 2.48. The molecule has 2 atom stereocenters. The van der Waals surface area contributed by atoms with Crippen LogP contribution in [-0.4, -0.2) is 28.3 Å². The molecule has 1 saturated carbocycles. The molecule has 180 valence electrons. The zero-order valence-electron chi connectivity index (χ0n) is 19.6. The summed E-state index contributed by atoms with van der Waals surface area (Å²) in [7, 11) is 0. The molecule has 6 rings (SSSR count). The van der Waals surface area contributed by atoms with Crippen molar-refractivity contribution in [2.45, 2.75) is 30.0 Å². The summed E-state index contributed by atoms with van der Waals surface area (Å²) >= 11 is 2.90. The predicted molar refractivity (Wildman–Crippen MR) is 144 cm³/mol. The molecule has 1 saturated heterocycles. The normalized spacial score (nSPS) is 19.6. The Balaban J connectivity index is 1.14. The number of carbonyl (C=O) groups is 3. The minimum atomic E-state index is -0.165. The van der Waals surface area contributed by atoms with Gasteiger partial charge in [-0.05, 0) is 42.2 Å². The van der Waals surface area contributed by atoms with E-state index in [-0.39, 0.29) is 29.4 Å². The lowest BCUT2D eigenvalue weighted by Gasteiger charge is -2.19. The number of amides is 2. The van der Waals surface area contributed by atoms with E-state index in [1.807, 2.05) is 72.8 Å². The molecule has 7 heteroatoms. The quantitative estimate of drug-likeness (QED) is 0.165. The summed E-state index contributed by atoms with van der Waals surface area (Å²) in [5.74, 6) is -0.108. The van der Waals surface area contributed by atoms with Crippen molar-refractivity contribution in [3.8, 4) is 11.1 Å². The Bertz CT molecular complexity index is 1440. The van der Waals surface area contributed by atoms with Crippen molar-refractivity contribution < 1.29 is 14.4 Å². The molecule has 2 heterocycles. The number of Topliss-reactive ketones (excluding diaryl/α,β-unsaturated/α-hetero) is 1. The Hall–Kier alpha value is -3.29. The lowest BCUT2D eigenvalue weighted by molar-refractivity contribution is -0.122. The molecule has 0 radical (unpaired) electrons. The van der Waals surface area contributed by atoms with Crippen LogP contribution in [0.1, 0.15) is 36.0 Å². The van der Waals surface area contributed by atoms with Gasteiger partial charge in [-0.2, -0.15) is 0 Å². The van der Waals surface area contributed by atoms with Crippen molar-refractivity contribution in [1.82, 2.24) is 4.98 Å². The zero-order valence-corrected chi connectivity index (χ0v) is 21.2. The van der Waals surface area contributed by atoms with Gasteiger partial charge in [0.1, 0.15) is 0 Å². The van der Waals surface area contributed by atoms with Crippen molar-refractivity contribution >= 4 is 56.6 Å². The Morgan fingerprint density at radius 3 is 2.25 bits per heavy atom. The van der Waals surface area contributed by atoms with Crippen LogP contribution in [0, 0.1) is 11.8 Å². The summed E-state index contributed by atoms with van der Waals surface area (Å²) in [4.78, 5) is 44.7. The maximum Gasteiger partial charge on any atom is 0.237 e. The summed E-state index contributed by atoms with van der Waals surface area (Å²) in [6.45, 7) is 0. The van der Waals surface area contributed by atoms with Gasteiger partial charge in [-0.25, -0.2) is 4.98 Å². The highest BCUT2D eigenvalue weighted by Crippen LogP contribution is 2.41. The SMILES string of the molecule is O=C(CSc1nc2ccc(N3C(=O)[C@H]4CCCC[C@@H]4C3=O)cc2s1)c1ccc(-c2ccccc2)cc1. The van der Waals surface area contributed by atoms with Crippen molar-refractivity contribution in [2.24, 2.45) is 11.8 Å². The molecule has 36 heavy (non-hydrogen) atoms. The van der Waals surface area contributed by atoms with E-state index in [9.17, 15) is 14.4 Å². The summed E-state index contributed by atoms with van der Waals surface area (Å²) in [6, 6.07) is 23.3. The van der Waals surface area contributed by atoms with Crippen LogP contribution in [0.15, 0.2) is 77.1 Å². The first-order valence-electron chi connectivity index (χ1n) is 12.2. The van der Waals surface area contributed by atoms with Crippen LogP contribution in [0.5, 0.6) is 0 Å². The second-order valence-corrected chi connectivity index (χ2v) is 11.5. The molecular formula is C29H24N2O3S2. The lowest BCUT2D eigenvalue weighted by atomic mass is 9.81. The van der Waals surface area contributed by atoms with Gasteiger partial charge in [-0.1, -0.05) is 79.2 Å². The van der Waals surface area contributed by atoms with Crippen LogP contribution >= 0.6 is 23.1 Å². The maximum atomic E-state index is 13.0. The van der Waals surface area contributed by atoms with Gasteiger partial charge in [0.25, 0.3) is 0 Å². The van der Waals surface area contributed by atoms with Crippen LogP contribution in [0.25, 0.3) is 21.3 Å². The molecule has 3 aromatic carbocycles. The topological polar surface area (TPSA) is 67.3 Å². The minimum Gasteiger partial charge on any atom is -0.293 e. The number of carbonyl (C=O) groups excluding carboxylic acids is 3. The average molecular weight is 513 g/mol. The number of anilines is 1. The van der Waals surface area contributed by atoms with Gasteiger partial charge in [-0.15, -0.1) is 11.3 Å². The first-order chi connectivity index (χ1) is 17.6. The highest BCUT2D eigenvalue weighted by molar-refractivity contribution is 8.01. The van der Waals surface area contributed by atoms with Crippen molar-refractivity contribution in [2.75, 3.05) is 10.7 Å². The molecule has 2 fully saturated rings. The number of rotatable bonds is 6. The lowest BCUT2D eigenvalue weighted by Crippen LogP contribution is -2.30. The first kappa shape index (κ1) is 23.1. The largest absolute Gasteiger partial charge is 0.293 e. The fraction of sp³-hybridized carbons (Fsp3) is 0.241. The van der Waals surface area contributed by atoms with E-state index >= 15 is 0 Å². The van der Waals surface area contributed by atoms with Gasteiger partial charge in [0.05, 0.1) is 33.5 Å². The zero-order chi connectivity index (χ0) is 24.6.